The smallest absolute Gasteiger partial charge is 0.238 e. The Hall–Kier alpha value is -2.75. The summed E-state index contributed by atoms with van der Waals surface area (Å²) in [5, 5.41) is 1.65. The Morgan fingerprint density at radius 2 is 1.83 bits per heavy atom. The van der Waals surface area contributed by atoms with E-state index in [1.165, 1.54) is 0 Å². The summed E-state index contributed by atoms with van der Waals surface area (Å²) in [5.74, 6) is 0.828. The van der Waals surface area contributed by atoms with Gasteiger partial charge in [0.05, 0.1) is 18.3 Å². The maximum atomic E-state index is 12.0. The number of amides is 1. The van der Waals surface area contributed by atoms with Crippen molar-refractivity contribution in [2.75, 3.05) is 6.61 Å². The lowest BCUT2D eigenvalue weighted by Crippen LogP contribution is -2.37. The molecule has 0 radical (unpaired) electrons. The molecule has 2 aromatic rings. The second kappa shape index (κ2) is 6.57. The van der Waals surface area contributed by atoms with Crippen LogP contribution >= 0.6 is 0 Å². The van der Waals surface area contributed by atoms with Gasteiger partial charge >= 0.3 is 0 Å². The van der Waals surface area contributed by atoms with Gasteiger partial charge in [0.15, 0.2) is 0 Å². The Labute approximate surface area is 136 Å². The van der Waals surface area contributed by atoms with Crippen molar-refractivity contribution in [2.24, 2.45) is 0 Å². The van der Waals surface area contributed by atoms with Crippen molar-refractivity contribution in [3.8, 4) is 5.75 Å². The summed E-state index contributed by atoms with van der Waals surface area (Å²) in [6, 6.07) is 17.8. The third-order valence-corrected chi connectivity index (χ3v) is 3.80. The second-order valence-electron chi connectivity index (χ2n) is 5.39. The van der Waals surface area contributed by atoms with Gasteiger partial charge in [-0.05, 0) is 48.4 Å². The predicted molar refractivity (Wildman–Crippen MR) is 90.4 cm³/mol. The Bertz CT molecular complexity index is 708. The molecule has 4 heteroatoms. The lowest BCUT2D eigenvalue weighted by molar-refractivity contribution is -0.132. The Morgan fingerprint density at radius 3 is 2.43 bits per heavy atom. The maximum absolute atomic E-state index is 12.0. The van der Waals surface area contributed by atoms with Crippen LogP contribution in [0.2, 0.25) is 0 Å². The van der Waals surface area contributed by atoms with Crippen molar-refractivity contribution in [1.82, 2.24) is 10.4 Å². The van der Waals surface area contributed by atoms with E-state index >= 15 is 0 Å². The number of nitrogens with zero attached hydrogens (tertiary/aromatic N) is 1. The topological polar surface area (TPSA) is 41.6 Å². The van der Waals surface area contributed by atoms with E-state index in [1.807, 2.05) is 61.5 Å². The van der Waals surface area contributed by atoms with Gasteiger partial charge in [-0.1, -0.05) is 30.3 Å². The molecular weight excluding hydrogens is 288 g/mol. The molecule has 4 nitrogen and oxygen atoms in total. The first-order chi connectivity index (χ1) is 11.2. The van der Waals surface area contributed by atoms with E-state index in [-0.39, 0.29) is 11.9 Å². The van der Waals surface area contributed by atoms with Gasteiger partial charge in [0.1, 0.15) is 5.75 Å². The largest absolute Gasteiger partial charge is 0.494 e. The number of carbonyl (C=O) groups excluding carboxylic acids is 1. The molecule has 0 fully saturated rings. The summed E-state index contributed by atoms with van der Waals surface area (Å²) in [5.41, 5.74) is 6.24. The minimum absolute atomic E-state index is 0.0176. The molecule has 1 aliphatic heterocycles. The molecule has 0 saturated carbocycles. The zero-order valence-corrected chi connectivity index (χ0v) is 13.3. The van der Waals surface area contributed by atoms with Gasteiger partial charge < -0.3 is 4.74 Å². The fourth-order valence-electron chi connectivity index (χ4n) is 2.70. The van der Waals surface area contributed by atoms with Gasteiger partial charge in [-0.25, -0.2) is 5.01 Å². The SMILES string of the molecule is CCOc1ccc(C2=C[C@@H](c3ccccc3)N(C(C)=O)N2)cc1. The molecule has 0 aromatic heterocycles. The van der Waals surface area contributed by atoms with Crippen LogP contribution in [0.4, 0.5) is 0 Å². The molecule has 1 N–H and O–H groups in total. The molecule has 1 heterocycles. The molecule has 2 aromatic carbocycles. The van der Waals surface area contributed by atoms with Gasteiger partial charge in [0.25, 0.3) is 0 Å². The monoisotopic (exact) mass is 308 g/mol. The van der Waals surface area contributed by atoms with Crippen molar-refractivity contribution >= 4 is 11.6 Å². The highest BCUT2D eigenvalue weighted by Crippen LogP contribution is 2.31. The molecule has 3 rings (SSSR count). The molecule has 0 saturated heterocycles. The molecule has 118 valence electrons. The van der Waals surface area contributed by atoms with Gasteiger partial charge in [-0.2, -0.15) is 0 Å². The predicted octanol–water partition coefficient (Wildman–Crippen LogP) is 3.53. The van der Waals surface area contributed by atoms with E-state index in [0.717, 1.165) is 22.6 Å². The number of ether oxygens (including phenoxy) is 1. The first-order valence-corrected chi connectivity index (χ1v) is 7.75. The van der Waals surface area contributed by atoms with Crippen molar-refractivity contribution in [3.63, 3.8) is 0 Å². The second-order valence-corrected chi connectivity index (χ2v) is 5.39. The average Bonchev–Trinajstić information content (AvgIpc) is 3.02. The quantitative estimate of drug-likeness (QED) is 0.939. The molecule has 1 amide bonds. The highest BCUT2D eigenvalue weighted by molar-refractivity contribution is 5.79. The Morgan fingerprint density at radius 1 is 1.13 bits per heavy atom. The lowest BCUT2D eigenvalue weighted by atomic mass is 10.0. The number of hydrazine groups is 1. The van der Waals surface area contributed by atoms with E-state index in [4.69, 9.17) is 4.74 Å². The fraction of sp³-hybridized carbons (Fsp3) is 0.211. The summed E-state index contributed by atoms with van der Waals surface area (Å²) in [4.78, 5) is 12.0. The molecular formula is C19H20N2O2. The summed E-state index contributed by atoms with van der Waals surface area (Å²) >= 11 is 0. The maximum Gasteiger partial charge on any atom is 0.238 e. The van der Waals surface area contributed by atoms with E-state index in [9.17, 15) is 4.79 Å². The molecule has 1 atom stereocenters. The first-order valence-electron chi connectivity index (χ1n) is 7.75. The van der Waals surface area contributed by atoms with Crippen molar-refractivity contribution < 1.29 is 9.53 Å². The standard InChI is InChI=1S/C19H20N2O2/c1-3-23-17-11-9-15(10-12-17)18-13-19(21(20-18)14(2)22)16-7-5-4-6-8-16/h4-13,19-20H,3H2,1-2H3/t19-/m0/s1. The van der Waals surface area contributed by atoms with Crippen molar-refractivity contribution in [1.29, 1.82) is 0 Å². The fourth-order valence-corrected chi connectivity index (χ4v) is 2.70. The Kier molecular flexibility index (Phi) is 4.33. The third kappa shape index (κ3) is 3.21. The van der Waals surface area contributed by atoms with Crippen LogP contribution in [0.5, 0.6) is 5.75 Å². The summed E-state index contributed by atoms with van der Waals surface area (Å²) in [7, 11) is 0. The number of hydrogen-bond acceptors (Lipinski definition) is 3. The number of benzene rings is 2. The van der Waals surface area contributed by atoms with Gasteiger partial charge in [0, 0.05) is 6.92 Å². The highest BCUT2D eigenvalue weighted by atomic mass is 16.5. The normalized spacial score (nSPS) is 16.7. The van der Waals surface area contributed by atoms with Crippen LogP contribution in [0.15, 0.2) is 60.7 Å². The Balaban J connectivity index is 1.89. The summed E-state index contributed by atoms with van der Waals surface area (Å²) in [6.45, 7) is 4.18. The van der Waals surface area contributed by atoms with Crippen molar-refractivity contribution in [3.05, 3.63) is 71.8 Å². The number of carbonyl (C=O) groups is 1. The summed E-state index contributed by atoms with van der Waals surface area (Å²) < 4.78 is 5.47. The molecule has 0 bridgehead atoms. The highest BCUT2D eigenvalue weighted by Gasteiger charge is 2.28. The van der Waals surface area contributed by atoms with Crippen LogP contribution < -0.4 is 10.2 Å². The third-order valence-electron chi connectivity index (χ3n) is 3.80. The van der Waals surface area contributed by atoms with Gasteiger partial charge in [-0.15, -0.1) is 0 Å². The van der Waals surface area contributed by atoms with Gasteiger partial charge in [-0.3, -0.25) is 10.2 Å². The zero-order chi connectivity index (χ0) is 16.2. The van der Waals surface area contributed by atoms with E-state index in [2.05, 4.69) is 11.5 Å². The molecule has 23 heavy (non-hydrogen) atoms. The van der Waals surface area contributed by atoms with Crippen LogP contribution in [0, 0.1) is 0 Å². The van der Waals surface area contributed by atoms with Crippen LogP contribution in [-0.2, 0) is 4.79 Å². The van der Waals surface area contributed by atoms with E-state index in [1.54, 1.807) is 11.9 Å². The van der Waals surface area contributed by atoms with E-state index < -0.39 is 0 Å². The van der Waals surface area contributed by atoms with Gasteiger partial charge in [0.2, 0.25) is 5.91 Å². The number of rotatable bonds is 4. The average molecular weight is 308 g/mol. The van der Waals surface area contributed by atoms with Crippen LogP contribution in [-0.4, -0.2) is 17.5 Å². The summed E-state index contributed by atoms with van der Waals surface area (Å²) in [6.07, 6.45) is 2.08. The van der Waals surface area contributed by atoms with Crippen LogP contribution in [0.25, 0.3) is 5.70 Å². The minimum atomic E-state index is -0.102. The molecule has 0 spiro atoms. The lowest BCUT2D eigenvalue weighted by Gasteiger charge is -2.24. The van der Waals surface area contributed by atoms with Crippen LogP contribution in [0.3, 0.4) is 0 Å². The molecule has 1 aliphatic rings. The molecule has 0 aliphatic carbocycles. The number of hydrogen-bond donors (Lipinski definition) is 1. The zero-order valence-electron chi connectivity index (χ0n) is 13.3. The van der Waals surface area contributed by atoms with E-state index in [0.29, 0.717) is 6.61 Å². The minimum Gasteiger partial charge on any atom is -0.494 e. The number of nitrogens with one attached hydrogen (secondary N) is 1. The van der Waals surface area contributed by atoms with Crippen molar-refractivity contribution in [2.45, 2.75) is 19.9 Å². The van der Waals surface area contributed by atoms with Crippen LogP contribution in [0.1, 0.15) is 31.0 Å². The molecule has 0 unspecified atom stereocenters. The first kappa shape index (κ1) is 15.2.